The van der Waals surface area contributed by atoms with Gasteiger partial charge in [0.05, 0.1) is 0 Å². The number of aromatic amines is 1. The molecule has 1 aromatic heterocycles. The molecule has 0 aliphatic heterocycles. The monoisotopic (exact) mass is 326 g/mol. The van der Waals surface area contributed by atoms with Crippen molar-refractivity contribution in [3.63, 3.8) is 0 Å². The molecule has 23 heavy (non-hydrogen) atoms. The molecule has 0 unspecified atom stereocenters. The van der Waals surface area contributed by atoms with Gasteiger partial charge in [-0.1, -0.05) is 41.9 Å². The summed E-state index contributed by atoms with van der Waals surface area (Å²) < 4.78 is 0. The number of nitrogens with one attached hydrogen (secondary N) is 2. The van der Waals surface area contributed by atoms with E-state index in [1.807, 2.05) is 42.5 Å². The maximum atomic E-state index is 12.2. The van der Waals surface area contributed by atoms with Gasteiger partial charge in [-0.25, -0.2) is 0 Å². The van der Waals surface area contributed by atoms with E-state index in [0.29, 0.717) is 18.0 Å². The van der Waals surface area contributed by atoms with Gasteiger partial charge in [0.25, 0.3) is 11.5 Å². The normalized spacial score (nSPS) is 10.7. The van der Waals surface area contributed by atoms with Gasteiger partial charge in [0.15, 0.2) is 0 Å². The van der Waals surface area contributed by atoms with E-state index in [1.165, 1.54) is 0 Å². The topological polar surface area (TPSA) is 62.0 Å². The van der Waals surface area contributed by atoms with E-state index in [0.717, 1.165) is 16.5 Å². The number of hydrogen-bond donors (Lipinski definition) is 2. The molecular weight excluding hydrogens is 312 g/mol. The Balaban J connectivity index is 1.69. The van der Waals surface area contributed by atoms with Crippen molar-refractivity contribution in [1.29, 1.82) is 0 Å². The Labute approximate surface area is 138 Å². The molecule has 1 amide bonds. The van der Waals surface area contributed by atoms with Crippen LogP contribution < -0.4 is 10.9 Å². The fourth-order valence-corrected chi connectivity index (χ4v) is 2.51. The standard InChI is InChI=1S/C18H15ClN2O2/c19-14-7-5-12(6-8-14)9-10-20-17(22)15-11-13-3-1-2-4-16(13)21-18(15)23/h1-8,11H,9-10H2,(H,20,22)(H,21,23). The second kappa shape index (κ2) is 6.67. The number of H-pyrrole nitrogens is 1. The lowest BCUT2D eigenvalue weighted by atomic mass is 10.1. The Morgan fingerprint density at radius 3 is 2.61 bits per heavy atom. The summed E-state index contributed by atoms with van der Waals surface area (Å²) in [6.07, 6.45) is 0.675. The van der Waals surface area contributed by atoms with Gasteiger partial charge < -0.3 is 10.3 Å². The van der Waals surface area contributed by atoms with Crippen molar-refractivity contribution in [3.8, 4) is 0 Å². The lowest BCUT2D eigenvalue weighted by molar-refractivity contribution is 0.0953. The molecule has 1 heterocycles. The molecule has 0 bridgehead atoms. The molecular formula is C18H15ClN2O2. The van der Waals surface area contributed by atoms with E-state index in [9.17, 15) is 9.59 Å². The van der Waals surface area contributed by atoms with E-state index < -0.39 is 0 Å². The van der Waals surface area contributed by atoms with Crippen molar-refractivity contribution in [2.24, 2.45) is 0 Å². The maximum absolute atomic E-state index is 12.2. The quantitative estimate of drug-likeness (QED) is 0.773. The summed E-state index contributed by atoms with van der Waals surface area (Å²) in [4.78, 5) is 26.9. The van der Waals surface area contributed by atoms with Crippen LogP contribution in [0.3, 0.4) is 0 Å². The Bertz CT molecular complexity index is 901. The Kier molecular flexibility index (Phi) is 4.44. The molecule has 0 radical (unpaired) electrons. The average molecular weight is 327 g/mol. The minimum absolute atomic E-state index is 0.125. The lowest BCUT2D eigenvalue weighted by Crippen LogP contribution is -2.31. The first-order valence-electron chi connectivity index (χ1n) is 7.28. The summed E-state index contributed by atoms with van der Waals surface area (Å²) in [6, 6.07) is 16.4. The Morgan fingerprint density at radius 2 is 1.83 bits per heavy atom. The zero-order valence-corrected chi connectivity index (χ0v) is 13.1. The minimum atomic E-state index is -0.382. The van der Waals surface area contributed by atoms with Crippen molar-refractivity contribution >= 4 is 28.4 Å². The number of halogens is 1. The van der Waals surface area contributed by atoms with E-state index in [1.54, 1.807) is 12.1 Å². The van der Waals surface area contributed by atoms with Gasteiger partial charge >= 0.3 is 0 Å². The summed E-state index contributed by atoms with van der Waals surface area (Å²) >= 11 is 5.83. The van der Waals surface area contributed by atoms with Crippen LogP contribution in [0.15, 0.2) is 59.4 Å². The first-order chi connectivity index (χ1) is 11.1. The molecule has 0 saturated heterocycles. The molecule has 0 atom stereocenters. The van der Waals surface area contributed by atoms with Crippen LogP contribution in [0.25, 0.3) is 10.9 Å². The predicted molar refractivity (Wildman–Crippen MR) is 92.1 cm³/mol. The lowest BCUT2D eigenvalue weighted by Gasteiger charge is -2.06. The highest BCUT2D eigenvalue weighted by molar-refractivity contribution is 6.30. The van der Waals surface area contributed by atoms with Crippen molar-refractivity contribution in [2.45, 2.75) is 6.42 Å². The zero-order valence-electron chi connectivity index (χ0n) is 12.3. The number of para-hydroxylation sites is 1. The Hall–Kier alpha value is -2.59. The fourth-order valence-electron chi connectivity index (χ4n) is 2.38. The molecule has 4 nitrogen and oxygen atoms in total. The van der Waals surface area contributed by atoms with Crippen LogP contribution >= 0.6 is 11.6 Å². The molecule has 2 aromatic carbocycles. The highest BCUT2D eigenvalue weighted by atomic mass is 35.5. The van der Waals surface area contributed by atoms with Crippen molar-refractivity contribution in [3.05, 3.63) is 81.1 Å². The van der Waals surface area contributed by atoms with Crippen LogP contribution in [0.1, 0.15) is 15.9 Å². The highest BCUT2D eigenvalue weighted by Crippen LogP contribution is 2.11. The zero-order chi connectivity index (χ0) is 16.2. The fraction of sp³-hybridized carbons (Fsp3) is 0.111. The number of rotatable bonds is 4. The van der Waals surface area contributed by atoms with Gasteiger partial charge in [-0.2, -0.15) is 0 Å². The van der Waals surface area contributed by atoms with E-state index in [4.69, 9.17) is 11.6 Å². The highest BCUT2D eigenvalue weighted by Gasteiger charge is 2.11. The minimum Gasteiger partial charge on any atom is -0.352 e. The molecule has 3 rings (SSSR count). The van der Waals surface area contributed by atoms with Gasteiger partial charge in [-0.05, 0) is 41.6 Å². The first-order valence-corrected chi connectivity index (χ1v) is 7.66. The molecule has 0 aliphatic carbocycles. The Morgan fingerprint density at radius 1 is 1.09 bits per heavy atom. The van der Waals surface area contributed by atoms with E-state index in [-0.39, 0.29) is 17.0 Å². The third-order valence-corrected chi connectivity index (χ3v) is 3.86. The number of fused-ring (bicyclic) bond motifs is 1. The number of pyridine rings is 1. The molecule has 3 aromatic rings. The maximum Gasteiger partial charge on any atom is 0.261 e. The SMILES string of the molecule is O=C(NCCc1ccc(Cl)cc1)c1cc2ccccc2[nH]c1=O. The van der Waals surface area contributed by atoms with Crippen molar-refractivity contribution in [1.82, 2.24) is 10.3 Å². The average Bonchev–Trinajstić information content (AvgIpc) is 2.56. The number of amides is 1. The summed E-state index contributed by atoms with van der Waals surface area (Å²) in [5.74, 6) is -0.369. The summed E-state index contributed by atoms with van der Waals surface area (Å²) in [6.45, 7) is 0.451. The van der Waals surface area contributed by atoms with Gasteiger partial charge in [0.1, 0.15) is 5.56 Å². The van der Waals surface area contributed by atoms with Crippen LogP contribution in [0.4, 0.5) is 0 Å². The molecule has 116 valence electrons. The number of carbonyl (C=O) groups is 1. The predicted octanol–water partition coefficient (Wildman–Crippen LogP) is 3.15. The van der Waals surface area contributed by atoms with Crippen LogP contribution in [0.2, 0.25) is 5.02 Å². The summed E-state index contributed by atoms with van der Waals surface area (Å²) in [5.41, 5.74) is 1.53. The van der Waals surface area contributed by atoms with Crippen LogP contribution in [0, 0.1) is 0 Å². The largest absolute Gasteiger partial charge is 0.352 e. The second-order valence-electron chi connectivity index (χ2n) is 5.23. The van der Waals surface area contributed by atoms with Crippen LogP contribution in [-0.2, 0) is 6.42 Å². The van der Waals surface area contributed by atoms with Gasteiger partial charge in [-0.3, -0.25) is 9.59 Å². The number of hydrogen-bond acceptors (Lipinski definition) is 2. The third-order valence-electron chi connectivity index (χ3n) is 3.61. The summed E-state index contributed by atoms with van der Waals surface area (Å²) in [5, 5.41) is 4.29. The number of aromatic nitrogens is 1. The summed E-state index contributed by atoms with van der Waals surface area (Å²) in [7, 11) is 0. The third kappa shape index (κ3) is 3.60. The smallest absolute Gasteiger partial charge is 0.261 e. The molecule has 2 N–H and O–H groups in total. The number of carbonyl (C=O) groups excluding carboxylic acids is 1. The molecule has 0 spiro atoms. The van der Waals surface area contributed by atoms with E-state index in [2.05, 4.69) is 10.3 Å². The molecule has 0 aliphatic rings. The van der Waals surface area contributed by atoms with Crippen LogP contribution in [-0.4, -0.2) is 17.4 Å². The van der Waals surface area contributed by atoms with Crippen molar-refractivity contribution < 1.29 is 4.79 Å². The van der Waals surface area contributed by atoms with Crippen LogP contribution in [0.5, 0.6) is 0 Å². The molecule has 5 heteroatoms. The van der Waals surface area contributed by atoms with E-state index >= 15 is 0 Å². The molecule has 0 saturated carbocycles. The molecule has 0 fully saturated rings. The van der Waals surface area contributed by atoms with Crippen molar-refractivity contribution in [2.75, 3.05) is 6.54 Å². The first kappa shape index (κ1) is 15.3. The number of benzene rings is 2. The van der Waals surface area contributed by atoms with Gasteiger partial charge in [0, 0.05) is 17.1 Å². The van der Waals surface area contributed by atoms with Gasteiger partial charge in [-0.15, -0.1) is 0 Å². The van der Waals surface area contributed by atoms with Gasteiger partial charge in [0.2, 0.25) is 0 Å². The second-order valence-corrected chi connectivity index (χ2v) is 5.67.